The van der Waals surface area contributed by atoms with Crippen molar-refractivity contribution < 1.29 is 9.90 Å². The van der Waals surface area contributed by atoms with Crippen molar-refractivity contribution in [1.29, 1.82) is 0 Å². The molecule has 0 radical (unpaired) electrons. The molecule has 3 aromatic rings. The van der Waals surface area contributed by atoms with Crippen molar-refractivity contribution in [3.05, 3.63) is 59.6 Å². The van der Waals surface area contributed by atoms with Gasteiger partial charge < -0.3 is 5.11 Å². The molecule has 6 heteroatoms. The number of carboxylic acids is 1. The van der Waals surface area contributed by atoms with Crippen LogP contribution in [-0.2, 0) is 6.42 Å². The number of imidazole rings is 1. The van der Waals surface area contributed by atoms with Gasteiger partial charge in [0.05, 0.1) is 11.4 Å². The van der Waals surface area contributed by atoms with E-state index in [1.54, 1.807) is 0 Å². The highest BCUT2D eigenvalue weighted by Gasteiger charge is 2.27. The Morgan fingerprint density at radius 2 is 2.00 bits per heavy atom. The Balaban J connectivity index is 2.10. The van der Waals surface area contributed by atoms with Gasteiger partial charge >= 0.3 is 5.97 Å². The summed E-state index contributed by atoms with van der Waals surface area (Å²) in [7, 11) is 0. The van der Waals surface area contributed by atoms with Gasteiger partial charge in [0.1, 0.15) is 12.2 Å². The molecule has 0 amide bonds. The summed E-state index contributed by atoms with van der Waals surface area (Å²) in [5.41, 5.74) is 4.18. The van der Waals surface area contributed by atoms with Crippen molar-refractivity contribution in [3.63, 3.8) is 0 Å². The van der Waals surface area contributed by atoms with Crippen LogP contribution in [0.3, 0.4) is 0 Å². The number of para-hydroxylation sites is 1. The van der Waals surface area contributed by atoms with Crippen molar-refractivity contribution in [2.75, 3.05) is 0 Å². The van der Waals surface area contributed by atoms with Gasteiger partial charge in [0, 0.05) is 35.4 Å². The number of hydrogen-bond acceptors (Lipinski definition) is 4. The zero-order valence-electron chi connectivity index (χ0n) is 13.4. The molecule has 0 fully saturated rings. The molecule has 1 aliphatic rings. The van der Waals surface area contributed by atoms with Crippen LogP contribution in [-0.4, -0.2) is 30.6 Å². The predicted octanol–water partition coefficient (Wildman–Crippen LogP) is 3.06. The van der Waals surface area contributed by atoms with Crippen molar-refractivity contribution >= 4 is 5.97 Å². The lowest BCUT2D eigenvalue weighted by Crippen LogP contribution is -2.09. The number of aromatic nitrogens is 4. The average Bonchev–Trinajstić information content (AvgIpc) is 2.93. The number of carbonyl (C=O) groups is 1. The Kier molecular flexibility index (Phi) is 3.19. The molecule has 0 saturated carbocycles. The van der Waals surface area contributed by atoms with Crippen LogP contribution in [0.1, 0.15) is 47.3 Å². The summed E-state index contributed by atoms with van der Waals surface area (Å²) in [6, 6.07) is 7.88. The molecule has 2 aromatic heterocycles. The quantitative estimate of drug-likeness (QED) is 0.614. The third-order valence-electron chi connectivity index (χ3n) is 4.28. The largest absolute Gasteiger partial charge is 0.476 e. The van der Waals surface area contributed by atoms with Gasteiger partial charge in [0.25, 0.3) is 0 Å². The molecule has 0 saturated heterocycles. The minimum atomic E-state index is -1.04. The lowest BCUT2D eigenvalue weighted by atomic mass is 10.0. The van der Waals surface area contributed by atoms with E-state index < -0.39 is 5.97 Å². The second-order valence-corrected chi connectivity index (χ2v) is 6.15. The molecule has 0 aliphatic carbocycles. The van der Waals surface area contributed by atoms with Crippen molar-refractivity contribution in [2.24, 2.45) is 0 Å². The number of aromatic carboxylic acids is 1. The second kappa shape index (κ2) is 5.26. The van der Waals surface area contributed by atoms with Crippen LogP contribution in [0.4, 0.5) is 0 Å². The molecule has 1 N–H and O–H groups in total. The summed E-state index contributed by atoms with van der Waals surface area (Å²) in [5.74, 6) is 0.163. The first-order valence-electron chi connectivity index (χ1n) is 7.81. The van der Waals surface area contributed by atoms with E-state index >= 15 is 0 Å². The van der Waals surface area contributed by atoms with Gasteiger partial charge in [0.15, 0.2) is 5.69 Å². The van der Waals surface area contributed by atoms with Crippen LogP contribution in [0, 0.1) is 0 Å². The van der Waals surface area contributed by atoms with Gasteiger partial charge in [-0.1, -0.05) is 32.0 Å². The lowest BCUT2D eigenvalue weighted by Gasteiger charge is -2.14. The zero-order valence-corrected chi connectivity index (χ0v) is 13.4. The van der Waals surface area contributed by atoms with Gasteiger partial charge in [-0.15, -0.1) is 0 Å². The van der Waals surface area contributed by atoms with E-state index in [4.69, 9.17) is 0 Å². The van der Waals surface area contributed by atoms with E-state index in [-0.39, 0.29) is 11.6 Å². The fourth-order valence-electron chi connectivity index (χ4n) is 3.26. The Morgan fingerprint density at radius 1 is 1.21 bits per heavy atom. The van der Waals surface area contributed by atoms with E-state index in [0.717, 1.165) is 22.8 Å². The van der Waals surface area contributed by atoms with Crippen LogP contribution in [0.25, 0.3) is 16.9 Å². The third kappa shape index (κ3) is 2.03. The van der Waals surface area contributed by atoms with E-state index in [1.165, 1.54) is 6.33 Å². The number of fused-ring (bicyclic) bond motifs is 5. The highest BCUT2D eigenvalue weighted by Crippen LogP contribution is 2.36. The zero-order chi connectivity index (χ0) is 16.8. The van der Waals surface area contributed by atoms with Crippen molar-refractivity contribution in [1.82, 2.24) is 19.5 Å². The molecule has 24 heavy (non-hydrogen) atoms. The van der Waals surface area contributed by atoms with Crippen LogP contribution in [0.15, 0.2) is 36.8 Å². The molecule has 0 unspecified atom stereocenters. The summed E-state index contributed by atoms with van der Waals surface area (Å²) in [4.78, 5) is 24.5. The van der Waals surface area contributed by atoms with Gasteiger partial charge in [-0.3, -0.25) is 4.57 Å². The van der Waals surface area contributed by atoms with Crippen LogP contribution in [0.5, 0.6) is 0 Å². The monoisotopic (exact) mass is 320 g/mol. The molecular formula is C18H16N4O2. The summed E-state index contributed by atoms with van der Waals surface area (Å²) < 4.78 is 2.12. The van der Waals surface area contributed by atoms with Crippen LogP contribution < -0.4 is 0 Å². The minimum absolute atomic E-state index is 0.0514. The maximum atomic E-state index is 11.6. The maximum Gasteiger partial charge on any atom is 0.354 e. The number of hydrogen-bond donors (Lipinski definition) is 1. The molecule has 0 bridgehead atoms. The Morgan fingerprint density at radius 3 is 2.75 bits per heavy atom. The van der Waals surface area contributed by atoms with E-state index in [0.29, 0.717) is 17.7 Å². The first kappa shape index (κ1) is 14.6. The number of carboxylic acid groups (broad SMARTS) is 1. The highest BCUT2D eigenvalue weighted by atomic mass is 16.4. The van der Waals surface area contributed by atoms with Crippen LogP contribution in [0.2, 0.25) is 0 Å². The number of benzene rings is 1. The van der Waals surface area contributed by atoms with Crippen LogP contribution >= 0.6 is 0 Å². The first-order chi connectivity index (χ1) is 11.6. The molecular weight excluding hydrogens is 304 g/mol. The van der Waals surface area contributed by atoms with E-state index in [1.807, 2.05) is 30.5 Å². The smallest absolute Gasteiger partial charge is 0.354 e. The number of rotatable bonds is 2. The predicted molar refractivity (Wildman–Crippen MR) is 88.4 cm³/mol. The lowest BCUT2D eigenvalue weighted by molar-refractivity contribution is 0.0689. The highest BCUT2D eigenvalue weighted by molar-refractivity contribution is 5.90. The summed E-state index contributed by atoms with van der Waals surface area (Å²) in [6.45, 7) is 4.19. The molecule has 120 valence electrons. The SMILES string of the molecule is CC(C)c1ncc2n1-c1ccccc1-c1ncnc(C(=O)O)c1C2. The van der Waals surface area contributed by atoms with Gasteiger partial charge in [-0.2, -0.15) is 0 Å². The fourth-order valence-corrected chi connectivity index (χ4v) is 3.26. The van der Waals surface area contributed by atoms with Gasteiger partial charge in [-0.25, -0.2) is 19.7 Å². The molecule has 0 spiro atoms. The topological polar surface area (TPSA) is 80.9 Å². The molecule has 1 aliphatic heterocycles. The first-order valence-corrected chi connectivity index (χ1v) is 7.81. The van der Waals surface area contributed by atoms with E-state index in [9.17, 15) is 9.90 Å². The fraction of sp³-hybridized carbons (Fsp3) is 0.222. The Labute approximate surface area is 138 Å². The second-order valence-electron chi connectivity index (χ2n) is 6.15. The third-order valence-corrected chi connectivity index (χ3v) is 4.28. The number of nitrogens with zero attached hydrogens (tertiary/aromatic N) is 4. The van der Waals surface area contributed by atoms with Crippen molar-refractivity contribution in [2.45, 2.75) is 26.2 Å². The van der Waals surface area contributed by atoms with Gasteiger partial charge in [0.2, 0.25) is 0 Å². The van der Waals surface area contributed by atoms with E-state index in [2.05, 4.69) is 33.4 Å². The Hall–Kier alpha value is -3.02. The van der Waals surface area contributed by atoms with Crippen molar-refractivity contribution in [3.8, 4) is 16.9 Å². The molecule has 0 atom stereocenters. The average molecular weight is 320 g/mol. The normalized spacial score (nSPS) is 12.3. The summed E-state index contributed by atoms with van der Waals surface area (Å²) >= 11 is 0. The molecule has 1 aromatic carbocycles. The van der Waals surface area contributed by atoms with Gasteiger partial charge in [-0.05, 0) is 6.07 Å². The molecule has 6 nitrogen and oxygen atoms in total. The maximum absolute atomic E-state index is 11.6. The minimum Gasteiger partial charge on any atom is -0.476 e. The summed E-state index contributed by atoms with van der Waals surface area (Å²) in [6.07, 6.45) is 3.58. The standard InChI is InChI=1S/C18H16N4O2/c1-10(2)17-19-8-11-7-13-15(20-9-21-16(13)18(23)24)12-5-3-4-6-14(12)22(11)17/h3-6,8-10H,7H2,1-2H3,(H,23,24). The molecule has 4 rings (SSSR count). The Bertz CT molecular complexity index is 959. The summed E-state index contributed by atoms with van der Waals surface area (Å²) in [5, 5.41) is 9.51. The molecule has 3 heterocycles.